The number of likely N-dealkylation sites (N-methyl/N-ethyl adjacent to an activating group) is 1. The van der Waals surface area contributed by atoms with E-state index in [0.717, 1.165) is 38.5 Å². The van der Waals surface area contributed by atoms with E-state index in [1.54, 1.807) is 18.5 Å². The van der Waals surface area contributed by atoms with E-state index in [2.05, 4.69) is 32.0 Å². The van der Waals surface area contributed by atoms with Crippen molar-refractivity contribution in [1.82, 2.24) is 14.9 Å². The molecule has 7 heteroatoms. The number of rotatable bonds is 4. The van der Waals surface area contributed by atoms with Gasteiger partial charge in [0.25, 0.3) is 0 Å². The molecule has 2 aromatic rings. The number of para-hydroxylation sites is 1. The molecule has 1 fully saturated rings. The molecular weight excluding hydrogens is 333 g/mol. The molecule has 0 amide bonds. The summed E-state index contributed by atoms with van der Waals surface area (Å²) < 4.78 is 0. The van der Waals surface area contributed by atoms with Crippen molar-refractivity contribution in [3.8, 4) is 0 Å². The molecule has 0 atom stereocenters. The van der Waals surface area contributed by atoms with Gasteiger partial charge < -0.3 is 15.1 Å². The molecule has 2 heterocycles. The van der Waals surface area contributed by atoms with Gasteiger partial charge in [-0.15, -0.1) is 0 Å². The van der Waals surface area contributed by atoms with E-state index < -0.39 is 0 Å². The first-order chi connectivity index (χ1) is 11.2. The van der Waals surface area contributed by atoms with E-state index in [1.165, 1.54) is 0 Å². The molecule has 1 aliphatic rings. The molecule has 122 valence electrons. The molecule has 23 heavy (non-hydrogen) atoms. The van der Waals surface area contributed by atoms with Crippen LogP contribution in [0.4, 0.5) is 17.3 Å². The third-order valence-electron chi connectivity index (χ3n) is 4.01. The summed E-state index contributed by atoms with van der Waals surface area (Å²) in [6, 6.07) is 7.33. The molecular formula is C16H19Cl2N5. The number of hydrogen-bond acceptors (Lipinski definition) is 5. The third kappa shape index (κ3) is 3.86. The summed E-state index contributed by atoms with van der Waals surface area (Å²) in [5.41, 5.74) is 0.663. The molecule has 0 radical (unpaired) electrons. The van der Waals surface area contributed by atoms with E-state index >= 15 is 0 Å². The number of hydrogen-bond donors (Lipinski definition) is 1. The van der Waals surface area contributed by atoms with Gasteiger partial charge in [-0.25, -0.2) is 9.97 Å². The molecule has 1 N–H and O–H groups in total. The molecule has 0 unspecified atom stereocenters. The Labute approximate surface area is 146 Å². The van der Waals surface area contributed by atoms with Crippen molar-refractivity contribution in [3.05, 3.63) is 40.6 Å². The predicted octanol–water partition coefficient (Wildman–Crippen LogP) is 3.67. The Bertz CT molecular complexity index is 651. The molecule has 0 aliphatic carbocycles. The van der Waals surface area contributed by atoms with Crippen LogP contribution in [0.5, 0.6) is 0 Å². The van der Waals surface area contributed by atoms with Crippen molar-refractivity contribution in [1.29, 1.82) is 0 Å². The van der Waals surface area contributed by atoms with Crippen LogP contribution in [0.15, 0.2) is 30.6 Å². The summed E-state index contributed by atoms with van der Waals surface area (Å²) >= 11 is 12.4. The van der Waals surface area contributed by atoms with E-state index in [1.807, 2.05) is 12.1 Å². The Morgan fingerprint density at radius 3 is 2.43 bits per heavy atom. The number of aromatic nitrogens is 2. The molecule has 1 aliphatic heterocycles. The Morgan fingerprint density at radius 2 is 1.78 bits per heavy atom. The van der Waals surface area contributed by atoms with E-state index in [9.17, 15) is 0 Å². The zero-order chi connectivity index (χ0) is 16.2. The first-order valence-electron chi connectivity index (χ1n) is 7.67. The van der Waals surface area contributed by atoms with Crippen molar-refractivity contribution in [2.75, 3.05) is 42.9 Å². The van der Waals surface area contributed by atoms with E-state index in [0.29, 0.717) is 21.6 Å². The number of piperazine rings is 1. The monoisotopic (exact) mass is 351 g/mol. The van der Waals surface area contributed by atoms with Crippen LogP contribution < -0.4 is 10.2 Å². The fraction of sp³-hybridized carbons (Fsp3) is 0.375. The first kappa shape index (κ1) is 16.3. The van der Waals surface area contributed by atoms with Gasteiger partial charge >= 0.3 is 0 Å². The normalized spacial score (nSPS) is 15.7. The van der Waals surface area contributed by atoms with Gasteiger partial charge in [0, 0.05) is 32.2 Å². The smallest absolute Gasteiger partial charge is 0.135 e. The van der Waals surface area contributed by atoms with Crippen molar-refractivity contribution >= 4 is 40.5 Å². The average Bonchev–Trinajstić information content (AvgIpc) is 2.59. The van der Waals surface area contributed by atoms with Crippen LogP contribution >= 0.6 is 23.2 Å². The summed E-state index contributed by atoms with van der Waals surface area (Å²) in [7, 11) is 0. The van der Waals surface area contributed by atoms with Gasteiger partial charge in [-0.1, -0.05) is 36.2 Å². The number of nitrogens with one attached hydrogen (secondary N) is 1. The molecule has 1 saturated heterocycles. The van der Waals surface area contributed by atoms with Crippen LogP contribution in [-0.2, 0) is 0 Å². The van der Waals surface area contributed by atoms with Crippen LogP contribution in [0.1, 0.15) is 6.92 Å². The van der Waals surface area contributed by atoms with Gasteiger partial charge in [0.2, 0.25) is 0 Å². The minimum Gasteiger partial charge on any atom is -0.354 e. The van der Waals surface area contributed by atoms with E-state index in [4.69, 9.17) is 23.2 Å². The highest BCUT2D eigenvalue weighted by molar-refractivity contribution is 6.39. The zero-order valence-electron chi connectivity index (χ0n) is 13.0. The summed E-state index contributed by atoms with van der Waals surface area (Å²) in [5.74, 6) is 1.60. The number of benzene rings is 1. The minimum absolute atomic E-state index is 0.564. The van der Waals surface area contributed by atoms with Crippen molar-refractivity contribution in [2.24, 2.45) is 0 Å². The van der Waals surface area contributed by atoms with Crippen molar-refractivity contribution < 1.29 is 0 Å². The Morgan fingerprint density at radius 1 is 1.09 bits per heavy atom. The van der Waals surface area contributed by atoms with Crippen LogP contribution in [0.2, 0.25) is 10.0 Å². The van der Waals surface area contributed by atoms with Crippen molar-refractivity contribution in [3.63, 3.8) is 0 Å². The van der Waals surface area contributed by atoms with Gasteiger partial charge in [-0.05, 0) is 18.7 Å². The lowest BCUT2D eigenvalue weighted by atomic mass is 10.3. The van der Waals surface area contributed by atoms with Crippen LogP contribution in [0, 0.1) is 0 Å². The topological polar surface area (TPSA) is 44.3 Å². The van der Waals surface area contributed by atoms with Crippen LogP contribution in [-0.4, -0.2) is 47.6 Å². The second-order valence-corrected chi connectivity index (χ2v) is 6.22. The summed E-state index contributed by atoms with van der Waals surface area (Å²) in [6.07, 6.45) is 1.56. The molecule has 5 nitrogen and oxygen atoms in total. The first-order valence-corrected chi connectivity index (χ1v) is 8.43. The van der Waals surface area contributed by atoms with Gasteiger partial charge in [0.15, 0.2) is 0 Å². The number of halogens is 2. The minimum atomic E-state index is 0.564. The highest BCUT2D eigenvalue weighted by Crippen LogP contribution is 2.32. The Balaban J connectivity index is 1.75. The van der Waals surface area contributed by atoms with Gasteiger partial charge in [-0.2, -0.15) is 0 Å². The summed E-state index contributed by atoms with van der Waals surface area (Å²) in [6.45, 7) is 7.33. The lowest BCUT2D eigenvalue weighted by Crippen LogP contribution is -2.46. The Hall–Kier alpha value is -1.56. The summed E-state index contributed by atoms with van der Waals surface area (Å²) in [5, 5.41) is 4.32. The predicted molar refractivity (Wildman–Crippen MR) is 96.1 cm³/mol. The highest BCUT2D eigenvalue weighted by atomic mass is 35.5. The molecule has 0 saturated carbocycles. The highest BCUT2D eigenvalue weighted by Gasteiger charge is 2.17. The van der Waals surface area contributed by atoms with Gasteiger partial charge in [0.1, 0.15) is 18.0 Å². The second-order valence-electron chi connectivity index (χ2n) is 5.40. The molecule has 3 rings (SSSR count). The van der Waals surface area contributed by atoms with Crippen molar-refractivity contribution in [2.45, 2.75) is 6.92 Å². The van der Waals surface area contributed by atoms with E-state index in [-0.39, 0.29) is 0 Å². The second kappa shape index (κ2) is 7.34. The standard InChI is InChI=1S/C16H19Cl2N5/c1-2-22-6-8-23(9-7-22)15-10-14(19-11-20-15)21-16-12(17)4-3-5-13(16)18/h3-5,10-11H,2,6-9H2,1H3,(H,19,20,21). The lowest BCUT2D eigenvalue weighted by Gasteiger charge is -2.34. The lowest BCUT2D eigenvalue weighted by molar-refractivity contribution is 0.270. The molecule has 0 spiro atoms. The average molecular weight is 352 g/mol. The third-order valence-corrected chi connectivity index (χ3v) is 4.64. The largest absolute Gasteiger partial charge is 0.354 e. The quantitative estimate of drug-likeness (QED) is 0.910. The molecule has 0 bridgehead atoms. The van der Waals surface area contributed by atoms with Gasteiger partial charge in [-0.3, -0.25) is 0 Å². The Kier molecular flexibility index (Phi) is 5.20. The maximum atomic E-state index is 6.19. The molecule has 1 aromatic carbocycles. The SMILES string of the molecule is CCN1CCN(c2cc(Nc3c(Cl)cccc3Cl)ncn2)CC1. The van der Waals surface area contributed by atoms with Crippen LogP contribution in [0.25, 0.3) is 0 Å². The fourth-order valence-corrected chi connectivity index (χ4v) is 3.12. The number of nitrogens with zero attached hydrogens (tertiary/aromatic N) is 4. The maximum absolute atomic E-state index is 6.19. The van der Waals surface area contributed by atoms with Crippen LogP contribution in [0.3, 0.4) is 0 Å². The summed E-state index contributed by atoms with van der Waals surface area (Å²) in [4.78, 5) is 13.4. The zero-order valence-corrected chi connectivity index (χ0v) is 14.5. The van der Waals surface area contributed by atoms with Gasteiger partial charge in [0.05, 0.1) is 15.7 Å². The maximum Gasteiger partial charge on any atom is 0.135 e. The molecule has 1 aromatic heterocycles. The number of anilines is 3. The fourth-order valence-electron chi connectivity index (χ4n) is 2.63.